The maximum atomic E-state index is 2.25. The Morgan fingerprint density at radius 1 is 1.18 bits per heavy atom. The van der Waals surface area contributed by atoms with E-state index >= 15 is 0 Å². The van der Waals surface area contributed by atoms with Crippen molar-refractivity contribution < 1.29 is 0 Å². The molecule has 1 heterocycles. The predicted molar refractivity (Wildman–Crippen MR) is 48.9 cm³/mol. The lowest BCUT2D eigenvalue weighted by molar-refractivity contribution is 0.586. The van der Waals surface area contributed by atoms with E-state index in [1.165, 1.54) is 11.1 Å². The highest BCUT2D eigenvalue weighted by atomic mass is 14.9. The fraction of sp³-hybridized carbons (Fsp3) is 0.600. The molecule has 0 N–H and O–H groups in total. The van der Waals surface area contributed by atoms with Crippen LogP contribution in [0.3, 0.4) is 0 Å². The van der Waals surface area contributed by atoms with Gasteiger partial charge in [-0.1, -0.05) is 20.8 Å². The van der Waals surface area contributed by atoms with Gasteiger partial charge in [0.2, 0.25) is 0 Å². The molecule has 0 fully saturated rings. The second kappa shape index (κ2) is 2.40. The zero-order valence-corrected chi connectivity index (χ0v) is 8.10. The third-order valence-corrected chi connectivity index (χ3v) is 1.96. The maximum absolute atomic E-state index is 2.25. The van der Waals surface area contributed by atoms with Gasteiger partial charge in [0, 0.05) is 19.4 Å². The predicted octanol–water partition coefficient (Wildman–Crippen LogP) is 2.63. The molecule has 0 unspecified atom stereocenters. The smallest absolute Gasteiger partial charge is 0.0106 e. The Morgan fingerprint density at radius 3 is 1.91 bits per heavy atom. The zero-order valence-electron chi connectivity index (χ0n) is 8.10. The Kier molecular flexibility index (Phi) is 1.83. The molecular weight excluding hydrogens is 134 g/mol. The quantitative estimate of drug-likeness (QED) is 0.537. The lowest BCUT2D eigenvalue weighted by Crippen LogP contribution is -2.11. The first kappa shape index (κ1) is 8.38. The van der Waals surface area contributed by atoms with Crippen LogP contribution in [0.2, 0.25) is 0 Å². The first-order chi connectivity index (χ1) is 4.91. The van der Waals surface area contributed by atoms with E-state index in [0.717, 1.165) is 0 Å². The maximum Gasteiger partial charge on any atom is 0.0106 e. The van der Waals surface area contributed by atoms with Crippen molar-refractivity contribution in [2.75, 3.05) is 0 Å². The van der Waals surface area contributed by atoms with Crippen LogP contribution >= 0.6 is 0 Å². The van der Waals surface area contributed by atoms with Crippen LogP contribution < -0.4 is 0 Å². The summed E-state index contributed by atoms with van der Waals surface area (Å²) in [4.78, 5) is 0. The number of hydrogen-bond acceptors (Lipinski definition) is 0. The van der Waals surface area contributed by atoms with Gasteiger partial charge in [-0.15, -0.1) is 0 Å². The lowest BCUT2D eigenvalue weighted by atomic mass is 9.87. The van der Waals surface area contributed by atoms with Gasteiger partial charge in [-0.2, -0.15) is 0 Å². The molecule has 0 aromatic carbocycles. The standard InChI is InChI=1S/C10H17N/c1-8-6-11(5)7-9(8)10(2,3)4/h6-7H,1-5H3. The first-order valence-corrected chi connectivity index (χ1v) is 4.04. The molecule has 0 radical (unpaired) electrons. The van der Waals surface area contributed by atoms with Gasteiger partial charge >= 0.3 is 0 Å². The largest absolute Gasteiger partial charge is 0.357 e. The topological polar surface area (TPSA) is 4.93 Å². The summed E-state index contributed by atoms with van der Waals surface area (Å²) in [7, 11) is 2.07. The fourth-order valence-electron chi connectivity index (χ4n) is 1.50. The van der Waals surface area contributed by atoms with Crippen molar-refractivity contribution in [3.8, 4) is 0 Å². The average molecular weight is 151 g/mol. The van der Waals surface area contributed by atoms with E-state index in [4.69, 9.17) is 0 Å². The Hall–Kier alpha value is -0.720. The Labute approximate surface area is 69.0 Å². The van der Waals surface area contributed by atoms with Crippen LogP contribution in [0.4, 0.5) is 0 Å². The summed E-state index contributed by atoms with van der Waals surface area (Å²) in [6.07, 6.45) is 4.37. The van der Waals surface area contributed by atoms with Gasteiger partial charge in [-0.25, -0.2) is 0 Å². The molecule has 0 bridgehead atoms. The molecule has 62 valence electrons. The van der Waals surface area contributed by atoms with E-state index in [-0.39, 0.29) is 5.41 Å². The van der Waals surface area contributed by atoms with Crippen molar-refractivity contribution in [3.05, 3.63) is 23.5 Å². The van der Waals surface area contributed by atoms with Crippen molar-refractivity contribution in [1.82, 2.24) is 4.57 Å². The van der Waals surface area contributed by atoms with Crippen LogP contribution in [0.1, 0.15) is 31.9 Å². The minimum absolute atomic E-state index is 0.283. The summed E-state index contributed by atoms with van der Waals surface area (Å²) in [5, 5.41) is 0. The van der Waals surface area contributed by atoms with Crippen molar-refractivity contribution >= 4 is 0 Å². The van der Waals surface area contributed by atoms with E-state index in [2.05, 4.69) is 51.7 Å². The Morgan fingerprint density at radius 2 is 1.73 bits per heavy atom. The summed E-state index contributed by atoms with van der Waals surface area (Å²) in [6, 6.07) is 0. The van der Waals surface area contributed by atoms with E-state index < -0.39 is 0 Å². The van der Waals surface area contributed by atoms with E-state index in [9.17, 15) is 0 Å². The summed E-state index contributed by atoms with van der Waals surface area (Å²) in [5.74, 6) is 0. The third kappa shape index (κ3) is 1.65. The highest BCUT2D eigenvalue weighted by Gasteiger charge is 2.16. The van der Waals surface area contributed by atoms with Crippen LogP contribution in [-0.2, 0) is 12.5 Å². The van der Waals surface area contributed by atoms with Gasteiger partial charge in [0.25, 0.3) is 0 Å². The van der Waals surface area contributed by atoms with E-state index in [1.54, 1.807) is 0 Å². The molecule has 0 amide bonds. The molecule has 0 aliphatic carbocycles. The summed E-state index contributed by atoms with van der Waals surface area (Å²) in [6.45, 7) is 8.90. The number of rotatable bonds is 0. The van der Waals surface area contributed by atoms with Crippen molar-refractivity contribution in [2.24, 2.45) is 7.05 Å². The van der Waals surface area contributed by atoms with Gasteiger partial charge in [-0.05, 0) is 23.5 Å². The number of aryl methyl sites for hydroxylation is 2. The molecule has 0 saturated carbocycles. The van der Waals surface area contributed by atoms with Gasteiger partial charge in [0.15, 0.2) is 0 Å². The zero-order chi connectivity index (χ0) is 8.65. The molecule has 0 spiro atoms. The fourth-order valence-corrected chi connectivity index (χ4v) is 1.50. The summed E-state index contributed by atoms with van der Waals surface area (Å²) >= 11 is 0. The summed E-state index contributed by atoms with van der Waals surface area (Å²) < 4.78 is 2.12. The van der Waals surface area contributed by atoms with Crippen LogP contribution in [0.15, 0.2) is 12.4 Å². The van der Waals surface area contributed by atoms with Crippen LogP contribution in [0.5, 0.6) is 0 Å². The van der Waals surface area contributed by atoms with Gasteiger partial charge in [0.05, 0.1) is 0 Å². The van der Waals surface area contributed by atoms with Crippen LogP contribution in [0, 0.1) is 6.92 Å². The highest BCUT2D eigenvalue weighted by molar-refractivity contribution is 5.29. The lowest BCUT2D eigenvalue weighted by Gasteiger charge is -2.17. The minimum Gasteiger partial charge on any atom is -0.357 e. The number of aromatic nitrogens is 1. The molecule has 0 aliphatic heterocycles. The average Bonchev–Trinajstić information content (AvgIpc) is 2.08. The molecular formula is C10H17N. The first-order valence-electron chi connectivity index (χ1n) is 4.04. The molecule has 1 rings (SSSR count). The van der Waals surface area contributed by atoms with Crippen molar-refractivity contribution in [1.29, 1.82) is 0 Å². The third-order valence-electron chi connectivity index (χ3n) is 1.96. The normalized spacial score (nSPS) is 12.1. The van der Waals surface area contributed by atoms with Gasteiger partial charge in [0.1, 0.15) is 0 Å². The molecule has 1 aromatic rings. The molecule has 1 aromatic heterocycles. The molecule has 11 heavy (non-hydrogen) atoms. The van der Waals surface area contributed by atoms with Crippen LogP contribution in [-0.4, -0.2) is 4.57 Å². The SMILES string of the molecule is Cc1cn(C)cc1C(C)(C)C. The molecule has 1 nitrogen and oxygen atoms in total. The van der Waals surface area contributed by atoms with E-state index in [1.807, 2.05) is 0 Å². The molecule has 0 aliphatic rings. The minimum atomic E-state index is 0.283. The van der Waals surface area contributed by atoms with Crippen molar-refractivity contribution in [2.45, 2.75) is 33.1 Å². The van der Waals surface area contributed by atoms with Gasteiger partial charge < -0.3 is 4.57 Å². The second-order valence-electron chi connectivity index (χ2n) is 4.27. The second-order valence-corrected chi connectivity index (χ2v) is 4.27. The monoisotopic (exact) mass is 151 g/mol. The summed E-state index contributed by atoms with van der Waals surface area (Å²) in [5.41, 5.74) is 3.12. The van der Waals surface area contributed by atoms with Gasteiger partial charge in [-0.3, -0.25) is 0 Å². The highest BCUT2D eigenvalue weighted by Crippen LogP contribution is 2.25. The van der Waals surface area contributed by atoms with Crippen LogP contribution in [0.25, 0.3) is 0 Å². The van der Waals surface area contributed by atoms with E-state index in [0.29, 0.717) is 0 Å². The Bertz CT molecular complexity index is 250. The number of hydrogen-bond donors (Lipinski definition) is 0. The molecule has 0 atom stereocenters. The molecule has 0 saturated heterocycles. The van der Waals surface area contributed by atoms with Crippen molar-refractivity contribution in [3.63, 3.8) is 0 Å². The number of nitrogens with zero attached hydrogens (tertiary/aromatic N) is 1. The Balaban J connectivity index is 3.13. The molecule has 1 heteroatoms.